The molecule has 0 bridgehead atoms. The van der Waals surface area contributed by atoms with E-state index >= 15 is 0 Å². The Bertz CT molecular complexity index is 665. The lowest BCUT2D eigenvalue weighted by atomic mass is 10.2. The van der Waals surface area contributed by atoms with Gasteiger partial charge < -0.3 is 15.1 Å². The maximum atomic E-state index is 12.4. The predicted molar refractivity (Wildman–Crippen MR) is 108 cm³/mol. The highest BCUT2D eigenvalue weighted by Crippen LogP contribution is 2.12. The first-order chi connectivity index (χ1) is 11.4. The van der Waals surface area contributed by atoms with Gasteiger partial charge in [-0.15, -0.1) is 24.8 Å². The van der Waals surface area contributed by atoms with Crippen LogP contribution in [0.2, 0.25) is 0 Å². The molecule has 1 aromatic carbocycles. The van der Waals surface area contributed by atoms with Crippen molar-refractivity contribution in [1.82, 2.24) is 19.8 Å². The molecule has 150 valence electrons. The average Bonchev–Trinajstić information content (AvgIpc) is 2.59. The quantitative estimate of drug-likeness (QED) is 0.630. The van der Waals surface area contributed by atoms with Crippen molar-refractivity contribution in [2.45, 2.75) is 11.3 Å². The van der Waals surface area contributed by atoms with E-state index in [-0.39, 0.29) is 35.6 Å². The molecule has 1 aliphatic rings. The zero-order valence-electron chi connectivity index (χ0n) is 15.1. The van der Waals surface area contributed by atoms with Crippen LogP contribution in [0, 0.1) is 0 Å². The number of hydrogen-bond acceptors (Lipinski definition) is 5. The number of sulfonamides is 1. The van der Waals surface area contributed by atoms with Crippen LogP contribution in [0.1, 0.15) is 16.8 Å². The van der Waals surface area contributed by atoms with Crippen molar-refractivity contribution in [1.29, 1.82) is 0 Å². The molecule has 0 aliphatic carbocycles. The number of amides is 1. The number of rotatable bonds is 7. The number of carbonyl (C=O) groups is 1. The second-order valence-electron chi connectivity index (χ2n) is 6.07. The van der Waals surface area contributed by atoms with Crippen molar-refractivity contribution in [3.8, 4) is 0 Å². The van der Waals surface area contributed by atoms with E-state index in [0.717, 1.165) is 39.1 Å². The van der Waals surface area contributed by atoms with Gasteiger partial charge in [0.05, 0.1) is 4.90 Å². The van der Waals surface area contributed by atoms with E-state index in [9.17, 15) is 13.2 Å². The minimum absolute atomic E-state index is 0. The lowest BCUT2D eigenvalue weighted by Crippen LogP contribution is -2.44. The van der Waals surface area contributed by atoms with Gasteiger partial charge in [0.25, 0.3) is 5.91 Å². The lowest BCUT2D eigenvalue weighted by molar-refractivity contribution is 0.0827. The van der Waals surface area contributed by atoms with E-state index in [2.05, 4.69) is 14.9 Å². The van der Waals surface area contributed by atoms with E-state index < -0.39 is 10.0 Å². The summed E-state index contributed by atoms with van der Waals surface area (Å²) in [7, 11) is -0.323. The summed E-state index contributed by atoms with van der Waals surface area (Å²) in [5, 5.41) is 3.29. The molecule has 7 nitrogen and oxygen atoms in total. The van der Waals surface area contributed by atoms with Crippen LogP contribution in [0.4, 0.5) is 0 Å². The molecule has 2 N–H and O–H groups in total. The van der Waals surface area contributed by atoms with Crippen LogP contribution in [0.3, 0.4) is 0 Å². The number of nitrogens with one attached hydrogen (secondary N) is 2. The molecule has 10 heteroatoms. The predicted octanol–water partition coefficient (Wildman–Crippen LogP) is 0.806. The molecule has 1 amide bonds. The summed E-state index contributed by atoms with van der Waals surface area (Å²) in [6.45, 7) is 5.24. The summed E-state index contributed by atoms with van der Waals surface area (Å²) >= 11 is 0. The van der Waals surface area contributed by atoms with Crippen molar-refractivity contribution < 1.29 is 13.2 Å². The maximum Gasteiger partial charge on any atom is 0.253 e. The van der Waals surface area contributed by atoms with Crippen molar-refractivity contribution >= 4 is 40.7 Å². The summed E-state index contributed by atoms with van der Waals surface area (Å²) < 4.78 is 27.4. The number of hydrogen-bond donors (Lipinski definition) is 2. The Kier molecular flexibility index (Phi) is 11.3. The molecule has 0 atom stereocenters. The molecule has 2 rings (SSSR count). The molecule has 0 spiro atoms. The van der Waals surface area contributed by atoms with Gasteiger partial charge in [-0.3, -0.25) is 4.79 Å². The monoisotopic (exact) mass is 426 g/mol. The van der Waals surface area contributed by atoms with Gasteiger partial charge in [0.1, 0.15) is 0 Å². The number of carbonyl (C=O) groups excluding carboxylic acids is 1. The molecule has 1 aromatic rings. The molecule has 0 unspecified atom stereocenters. The van der Waals surface area contributed by atoms with Crippen molar-refractivity contribution in [2.75, 3.05) is 53.4 Å². The Morgan fingerprint density at radius 3 is 2.50 bits per heavy atom. The van der Waals surface area contributed by atoms with Gasteiger partial charge in [-0.1, -0.05) is 6.07 Å². The van der Waals surface area contributed by atoms with Crippen molar-refractivity contribution in [2.24, 2.45) is 0 Å². The third-order valence-electron chi connectivity index (χ3n) is 3.95. The SMILES string of the molecule is CN(C)C(=O)c1cccc(S(=O)(=O)NCCCN2CCNCC2)c1.Cl.Cl. The molecule has 1 fully saturated rings. The zero-order valence-corrected chi connectivity index (χ0v) is 17.6. The minimum atomic E-state index is -3.60. The summed E-state index contributed by atoms with van der Waals surface area (Å²) in [4.78, 5) is 15.8. The number of halogens is 2. The molecule has 0 radical (unpaired) electrons. The Hall–Kier alpha value is -0.900. The average molecular weight is 427 g/mol. The molecular weight excluding hydrogens is 399 g/mol. The van der Waals surface area contributed by atoms with E-state index in [1.54, 1.807) is 26.2 Å². The van der Waals surface area contributed by atoms with Crippen molar-refractivity contribution in [3.05, 3.63) is 29.8 Å². The Morgan fingerprint density at radius 2 is 1.88 bits per heavy atom. The summed E-state index contributed by atoms with van der Waals surface area (Å²) in [6, 6.07) is 6.13. The first-order valence-electron chi connectivity index (χ1n) is 8.14. The second-order valence-corrected chi connectivity index (χ2v) is 7.84. The van der Waals surface area contributed by atoms with Crippen LogP contribution >= 0.6 is 24.8 Å². The van der Waals surface area contributed by atoms with Crippen molar-refractivity contribution in [3.63, 3.8) is 0 Å². The molecular formula is C16H28Cl2N4O3S. The van der Waals surface area contributed by atoms with Crippen LogP contribution in [-0.2, 0) is 10.0 Å². The smallest absolute Gasteiger partial charge is 0.253 e. The first kappa shape index (κ1) is 25.1. The van der Waals surface area contributed by atoms with Gasteiger partial charge in [-0.25, -0.2) is 13.1 Å². The van der Waals surface area contributed by atoms with Crippen LogP contribution in [0.15, 0.2) is 29.2 Å². The highest BCUT2D eigenvalue weighted by Gasteiger charge is 2.17. The Balaban J connectivity index is 0.00000312. The highest BCUT2D eigenvalue weighted by atomic mass is 35.5. The van der Waals surface area contributed by atoms with Gasteiger partial charge >= 0.3 is 0 Å². The minimum Gasteiger partial charge on any atom is -0.345 e. The molecule has 0 saturated carbocycles. The maximum absolute atomic E-state index is 12.4. The van der Waals surface area contributed by atoms with Gasteiger partial charge in [-0.05, 0) is 31.2 Å². The van der Waals surface area contributed by atoms with Gasteiger partial charge in [-0.2, -0.15) is 0 Å². The second kappa shape index (κ2) is 11.7. The fraction of sp³-hybridized carbons (Fsp3) is 0.562. The summed E-state index contributed by atoms with van der Waals surface area (Å²) in [5.74, 6) is -0.217. The topological polar surface area (TPSA) is 81.8 Å². The van der Waals surface area contributed by atoms with Gasteiger partial charge in [0.2, 0.25) is 10.0 Å². The largest absolute Gasteiger partial charge is 0.345 e. The molecule has 1 heterocycles. The standard InChI is InChI=1S/C16H26N4O3S.2ClH/c1-19(2)16(21)14-5-3-6-15(13-14)24(22,23)18-7-4-10-20-11-8-17-9-12-20;;/h3,5-6,13,17-18H,4,7-12H2,1-2H3;2*1H. The summed E-state index contributed by atoms with van der Waals surface area (Å²) in [6.07, 6.45) is 0.759. The van der Waals surface area contributed by atoms with Gasteiger partial charge in [0, 0.05) is 52.4 Å². The van der Waals surface area contributed by atoms with Crippen LogP contribution < -0.4 is 10.0 Å². The van der Waals surface area contributed by atoms with Crippen LogP contribution in [0.25, 0.3) is 0 Å². The van der Waals surface area contributed by atoms with Gasteiger partial charge in [0.15, 0.2) is 0 Å². The van der Waals surface area contributed by atoms with E-state index in [1.807, 2.05) is 0 Å². The van der Waals surface area contributed by atoms with E-state index in [1.165, 1.54) is 17.0 Å². The first-order valence-corrected chi connectivity index (χ1v) is 9.63. The van der Waals surface area contributed by atoms with Crippen LogP contribution in [0.5, 0.6) is 0 Å². The molecule has 0 aromatic heterocycles. The normalized spacial score (nSPS) is 14.8. The summed E-state index contributed by atoms with van der Waals surface area (Å²) in [5.41, 5.74) is 0.365. The van der Waals surface area contributed by atoms with E-state index in [0.29, 0.717) is 12.1 Å². The third kappa shape index (κ3) is 7.38. The third-order valence-corrected chi connectivity index (χ3v) is 5.41. The zero-order chi connectivity index (χ0) is 17.6. The Morgan fingerprint density at radius 1 is 1.23 bits per heavy atom. The fourth-order valence-electron chi connectivity index (χ4n) is 2.58. The fourth-order valence-corrected chi connectivity index (χ4v) is 3.70. The lowest BCUT2D eigenvalue weighted by Gasteiger charge is -2.27. The number of nitrogens with zero attached hydrogens (tertiary/aromatic N) is 2. The number of benzene rings is 1. The Labute approximate surface area is 168 Å². The molecule has 26 heavy (non-hydrogen) atoms. The van der Waals surface area contributed by atoms with E-state index in [4.69, 9.17) is 0 Å². The highest BCUT2D eigenvalue weighted by molar-refractivity contribution is 7.89. The van der Waals surface area contributed by atoms with Crippen LogP contribution in [-0.4, -0.2) is 77.5 Å². The molecule has 1 aliphatic heterocycles. The number of piperazine rings is 1. The molecule has 1 saturated heterocycles.